The van der Waals surface area contributed by atoms with Gasteiger partial charge in [-0.3, -0.25) is 0 Å². The van der Waals surface area contributed by atoms with E-state index in [1.165, 1.54) is 96.0 Å². The minimum atomic E-state index is 0.0736. The number of fused-ring (bicyclic) bond motifs is 27. The van der Waals surface area contributed by atoms with Crippen LogP contribution in [-0.4, -0.2) is 50.2 Å². The molecule has 12 bridgehead atoms. The molecule has 0 aromatic rings. The first-order valence-corrected chi connectivity index (χ1v) is 23.4. The largest absolute Gasteiger partial charge is 0.397 e. The van der Waals surface area contributed by atoms with E-state index in [0.717, 1.165) is 119 Å². The Balaban J connectivity index is 0.000000107. The molecule has 21 atom stereocenters. The Morgan fingerprint density at radius 3 is 1.41 bits per heavy atom. The van der Waals surface area contributed by atoms with Gasteiger partial charge < -0.3 is 24.5 Å². The van der Waals surface area contributed by atoms with E-state index in [2.05, 4.69) is 37.7 Å². The average Bonchev–Trinajstić information content (AvgIpc) is 4.06. The molecule has 0 heterocycles. The molecule has 0 saturated heterocycles. The SMILES string of the molecule is CCC1(C=O)CC2CC1C1C3C=CC(C3)C21.CCC1(C=O)CC2CC1C1C3CCC(C3)C21.CCC1(CO)CC2CC1C1C3CCC(C3)C21.CCO.COC. The Kier molecular flexibility index (Phi) is 11.3. The minimum absolute atomic E-state index is 0.0736. The van der Waals surface area contributed by atoms with Gasteiger partial charge in [0.2, 0.25) is 0 Å². The van der Waals surface area contributed by atoms with Gasteiger partial charge in [-0.1, -0.05) is 32.9 Å². The summed E-state index contributed by atoms with van der Waals surface area (Å²) in [5.41, 5.74) is 0.525. The van der Waals surface area contributed by atoms with Crippen molar-refractivity contribution in [1.29, 1.82) is 0 Å². The lowest BCUT2D eigenvalue weighted by atomic mass is 9.60. The number of ether oxygens (including phenoxy) is 1. The third-order valence-electron chi connectivity index (χ3n) is 20.4. The normalized spacial score (nSPS) is 55.2. The molecule has 0 aliphatic heterocycles. The second-order valence-electron chi connectivity index (χ2n) is 21.5. The van der Waals surface area contributed by atoms with Crippen molar-refractivity contribution in [2.24, 2.45) is 123 Å². The van der Waals surface area contributed by atoms with E-state index < -0.39 is 0 Å². The molecule has 2 N–H and O–H groups in total. The molecule has 0 aromatic heterocycles. The van der Waals surface area contributed by atoms with Gasteiger partial charge in [0.05, 0.1) is 0 Å². The van der Waals surface area contributed by atoms with E-state index in [4.69, 9.17) is 5.11 Å². The van der Waals surface area contributed by atoms with Gasteiger partial charge in [0.25, 0.3) is 0 Å². The summed E-state index contributed by atoms with van der Waals surface area (Å²) in [6, 6.07) is 0. The molecule has 0 spiro atoms. The number of hydrogen-bond acceptors (Lipinski definition) is 5. The van der Waals surface area contributed by atoms with Crippen molar-refractivity contribution in [2.45, 2.75) is 130 Å². The topological polar surface area (TPSA) is 83.8 Å². The molecular formula is C49H78O5. The highest BCUT2D eigenvalue weighted by atomic mass is 16.4. The van der Waals surface area contributed by atoms with Gasteiger partial charge in [-0.2, -0.15) is 0 Å². The Bertz CT molecular complexity index is 1370. The maximum absolute atomic E-state index is 11.5. The Morgan fingerprint density at radius 2 is 0.944 bits per heavy atom. The summed E-state index contributed by atoms with van der Waals surface area (Å²) in [5.74, 6) is 17.1. The van der Waals surface area contributed by atoms with E-state index in [-0.39, 0.29) is 17.4 Å². The van der Waals surface area contributed by atoms with Crippen molar-refractivity contribution in [1.82, 2.24) is 0 Å². The Morgan fingerprint density at radius 1 is 0.537 bits per heavy atom. The highest BCUT2D eigenvalue weighted by molar-refractivity contribution is 5.62. The van der Waals surface area contributed by atoms with Gasteiger partial charge >= 0.3 is 0 Å². The zero-order chi connectivity index (χ0) is 38.2. The molecule has 12 aliphatic rings. The van der Waals surface area contributed by atoms with Crippen molar-refractivity contribution in [3.8, 4) is 0 Å². The maximum atomic E-state index is 11.5. The standard InChI is InChI=1S/C15H24O.C15H22O.C15H20O.2C2H6O/c3*1-2-15(8-16)7-11-6-12(15)14-10-4-3-9(5-10)13(11)14;1-3-2;1-2-3/h9-14,16H,2-8H2,1H3;8-14H,2-7H2,1H3;3-4,8-14H,2,5-7H2,1H3;1-2H3;3H,2H2,1H3. The van der Waals surface area contributed by atoms with Crippen LogP contribution in [0, 0.1) is 123 Å². The molecule has 304 valence electrons. The molecule has 21 unspecified atom stereocenters. The lowest BCUT2D eigenvalue weighted by Crippen LogP contribution is -2.41. The van der Waals surface area contributed by atoms with Gasteiger partial charge in [0, 0.05) is 38.3 Å². The fourth-order valence-corrected chi connectivity index (χ4v) is 18.9. The highest BCUT2D eigenvalue weighted by Gasteiger charge is 2.68. The van der Waals surface area contributed by atoms with E-state index in [9.17, 15) is 14.7 Å². The molecule has 5 heteroatoms. The zero-order valence-electron chi connectivity index (χ0n) is 35.0. The van der Waals surface area contributed by atoms with E-state index in [1.807, 2.05) is 0 Å². The number of aldehydes is 2. The molecule has 12 aliphatic carbocycles. The van der Waals surface area contributed by atoms with Crippen LogP contribution in [0.5, 0.6) is 0 Å². The summed E-state index contributed by atoms with van der Waals surface area (Å²) in [6.07, 6.45) is 29.5. The zero-order valence-corrected chi connectivity index (χ0v) is 35.0. The molecule has 11 fully saturated rings. The summed E-state index contributed by atoms with van der Waals surface area (Å²) in [4.78, 5) is 23.1. The Labute approximate surface area is 329 Å². The predicted octanol–water partition coefficient (Wildman–Crippen LogP) is 9.68. The summed E-state index contributed by atoms with van der Waals surface area (Å²) in [7, 11) is 3.25. The van der Waals surface area contributed by atoms with Crippen LogP contribution in [-0.2, 0) is 14.3 Å². The highest BCUT2D eigenvalue weighted by Crippen LogP contribution is 2.74. The van der Waals surface area contributed by atoms with Crippen LogP contribution in [0.2, 0.25) is 0 Å². The second kappa shape index (κ2) is 15.3. The molecule has 54 heavy (non-hydrogen) atoms. The second-order valence-corrected chi connectivity index (χ2v) is 21.5. The number of aliphatic hydroxyl groups is 2. The fourth-order valence-electron chi connectivity index (χ4n) is 18.9. The number of allylic oxidation sites excluding steroid dienone is 2. The third kappa shape index (κ3) is 5.73. The summed E-state index contributed by atoms with van der Waals surface area (Å²) in [6.45, 7) is 9.15. The molecule has 5 nitrogen and oxygen atoms in total. The summed E-state index contributed by atoms with van der Waals surface area (Å²) >= 11 is 0. The van der Waals surface area contributed by atoms with Gasteiger partial charge in [0.15, 0.2) is 0 Å². The van der Waals surface area contributed by atoms with Crippen molar-refractivity contribution in [2.75, 3.05) is 27.4 Å². The number of carbonyl (C=O) groups is 2. The van der Waals surface area contributed by atoms with E-state index >= 15 is 0 Å². The number of aliphatic hydroxyl groups excluding tert-OH is 2. The van der Waals surface area contributed by atoms with Crippen LogP contribution in [0.4, 0.5) is 0 Å². The van der Waals surface area contributed by atoms with Crippen molar-refractivity contribution in [3.63, 3.8) is 0 Å². The lowest BCUT2D eigenvalue weighted by molar-refractivity contribution is -0.122. The van der Waals surface area contributed by atoms with Crippen molar-refractivity contribution < 1.29 is 24.5 Å². The summed E-state index contributed by atoms with van der Waals surface area (Å²) in [5, 5.41) is 17.4. The number of rotatable bonds is 6. The van der Waals surface area contributed by atoms with Crippen molar-refractivity contribution in [3.05, 3.63) is 12.2 Å². The fraction of sp³-hybridized carbons (Fsp3) is 0.918. The van der Waals surface area contributed by atoms with Crippen LogP contribution >= 0.6 is 0 Å². The molecule has 0 aromatic carbocycles. The molecule has 0 radical (unpaired) electrons. The number of carbonyl (C=O) groups excluding carboxylic acids is 2. The van der Waals surface area contributed by atoms with Crippen LogP contribution in [0.1, 0.15) is 130 Å². The van der Waals surface area contributed by atoms with Crippen LogP contribution < -0.4 is 0 Å². The first-order valence-electron chi connectivity index (χ1n) is 23.4. The molecule has 12 rings (SSSR count). The maximum Gasteiger partial charge on any atom is 0.126 e. The molecule has 11 saturated carbocycles. The minimum Gasteiger partial charge on any atom is -0.397 e. The van der Waals surface area contributed by atoms with Crippen LogP contribution in [0.3, 0.4) is 0 Å². The molecule has 0 amide bonds. The average molecular weight is 747 g/mol. The van der Waals surface area contributed by atoms with Gasteiger partial charge in [0.1, 0.15) is 12.6 Å². The van der Waals surface area contributed by atoms with Crippen molar-refractivity contribution >= 4 is 12.6 Å². The Hall–Kier alpha value is -1.04. The number of methoxy groups -OCH3 is 1. The monoisotopic (exact) mass is 747 g/mol. The molecular weight excluding hydrogens is 669 g/mol. The number of hydrogen-bond donors (Lipinski definition) is 2. The van der Waals surface area contributed by atoms with Crippen LogP contribution in [0.15, 0.2) is 12.2 Å². The quantitative estimate of drug-likeness (QED) is 0.161. The van der Waals surface area contributed by atoms with E-state index in [1.54, 1.807) is 27.6 Å². The first-order chi connectivity index (χ1) is 26.2. The van der Waals surface area contributed by atoms with Gasteiger partial charge in [-0.25, -0.2) is 0 Å². The third-order valence-corrected chi connectivity index (χ3v) is 20.4. The van der Waals surface area contributed by atoms with E-state index in [0.29, 0.717) is 12.0 Å². The van der Waals surface area contributed by atoms with Crippen LogP contribution in [0.25, 0.3) is 0 Å². The smallest absolute Gasteiger partial charge is 0.126 e. The van der Waals surface area contributed by atoms with Gasteiger partial charge in [-0.05, 0) is 222 Å². The van der Waals surface area contributed by atoms with Gasteiger partial charge in [-0.15, -0.1) is 0 Å². The summed E-state index contributed by atoms with van der Waals surface area (Å²) < 4.78 is 4.25. The predicted molar refractivity (Wildman–Crippen MR) is 215 cm³/mol. The lowest BCUT2D eigenvalue weighted by Gasteiger charge is -2.45. The first kappa shape index (κ1) is 39.8.